The Labute approximate surface area is 171 Å². The number of fused-ring (bicyclic) bond motifs is 10. The third-order valence-electron chi connectivity index (χ3n) is 3.96. The van der Waals surface area contributed by atoms with Gasteiger partial charge in [-0.25, -0.2) is 0 Å². The molecule has 0 saturated carbocycles. The molecule has 0 radical (unpaired) electrons. The minimum atomic E-state index is 0. The second-order valence-corrected chi connectivity index (χ2v) is 5.78. The van der Waals surface area contributed by atoms with E-state index in [1.165, 1.54) is 0 Å². The van der Waals surface area contributed by atoms with E-state index >= 15 is 0 Å². The zero-order valence-corrected chi connectivity index (χ0v) is 16.2. The quantitative estimate of drug-likeness (QED) is 0.254. The third kappa shape index (κ3) is 3.62. The number of pyridine rings is 2. The molecule has 0 atom stereocenters. The SMILES string of the molecule is [Pt+2].[c-]1c2cccc1-c1cccc(n1)Oc1cccc(n1)-c1[c-]c(ccc1)O2. The zero-order valence-electron chi connectivity index (χ0n) is 14.0. The number of benzene rings is 2. The molecule has 0 unspecified atom stereocenters. The van der Waals surface area contributed by atoms with Crippen molar-refractivity contribution >= 4 is 0 Å². The summed E-state index contributed by atoms with van der Waals surface area (Å²) in [6.07, 6.45) is 0. The van der Waals surface area contributed by atoms with Crippen LogP contribution in [-0.4, -0.2) is 9.97 Å². The van der Waals surface area contributed by atoms with Crippen LogP contribution < -0.4 is 9.47 Å². The van der Waals surface area contributed by atoms with Crippen molar-refractivity contribution in [3.05, 3.63) is 84.9 Å². The fraction of sp³-hybridized carbons (Fsp3) is 0. The van der Waals surface area contributed by atoms with E-state index in [0.717, 1.165) is 22.5 Å². The van der Waals surface area contributed by atoms with Gasteiger partial charge in [0, 0.05) is 11.5 Å². The Morgan fingerprint density at radius 1 is 0.556 bits per heavy atom. The summed E-state index contributed by atoms with van der Waals surface area (Å²) in [5.41, 5.74) is 3.14. The van der Waals surface area contributed by atoms with Crippen LogP contribution in [0.15, 0.2) is 72.8 Å². The van der Waals surface area contributed by atoms with Crippen LogP contribution in [0.4, 0.5) is 0 Å². The van der Waals surface area contributed by atoms with Crippen molar-refractivity contribution in [2.24, 2.45) is 0 Å². The number of hydrogen-bond acceptors (Lipinski definition) is 4. The van der Waals surface area contributed by atoms with Gasteiger partial charge < -0.3 is 9.47 Å². The van der Waals surface area contributed by atoms with Crippen molar-refractivity contribution in [2.75, 3.05) is 0 Å². The summed E-state index contributed by atoms with van der Waals surface area (Å²) >= 11 is 0. The smallest absolute Gasteiger partial charge is 0.497 e. The molecule has 0 fully saturated rings. The predicted octanol–water partition coefficient (Wildman–Crippen LogP) is 5.31. The Bertz CT molecular complexity index is 938. The fourth-order valence-electron chi connectivity index (χ4n) is 2.78. The Kier molecular flexibility index (Phi) is 4.74. The minimum Gasteiger partial charge on any atom is -0.497 e. The van der Waals surface area contributed by atoms with Gasteiger partial charge in [-0.3, -0.25) is 9.97 Å². The standard InChI is InChI=1S/C22H12N2O2.Pt/c1-5-15-13-17(7-1)25-18-8-2-6-16(14-18)20-10-4-12-22(24-20)26-21-11-3-9-19(15)23-21;/h1-12H;/q-2;+2. The van der Waals surface area contributed by atoms with Gasteiger partial charge in [-0.05, 0) is 23.5 Å². The van der Waals surface area contributed by atoms with E-state index in [1.807, 2.05) is 60.7 Å². The van der Waals surface area contributed by atoms with Gasteiger partial charge in [-0.15, -0.1) is 47.5 Å². The van der Waals surface area contributed by atoms with Crippen LogP contribution in [0.2, 0.25) is 0 Å². The van der Waals surface area contributed by atoms with Crippen molar-refractivity contribution in [1.82, 2.24) is 9.97 Å². The Morgan fingerprint density at radius 2 is 1.04 bits per heavy atom. The molecule has 4 nitrogen and oxygen atoms in total. The molecule has 0 N–H and O–H groups in total. The van der Waals surface area contributed by atoms with Crippen LogP contribution in [0.25, 0.3) is 22.5 Å². The first kappa shape index (κ1) is 17.4. The third-order valence-corrected chi connectivity index (χ3v) is 3.96. The molecule has 4 aromatic rings. The summed E-state index contributed by atoms with van der Waals surface area (Å²) in [5, 5.41) is 0. The summed E-state index contributed by atoms with van der Waals surface area (Å²) in [5.74, 6) is 2.15. The summed E-state index contributed by atoms with van der Waals surface area (Å²) in [7, 11) is 0. The van der Waals surface area contributed by atoms with Crippen LogP contribution in [0.1, 0.15) is 0 Å². The normalized spacial score (nSPS) is 11.3. The summed E-state index contributed by atoms with van der Waals surface area (Å²) < 4.78 is 11.8. The number of nitrogens with zero attached hydrogens (tertiary/aromatic N) is 2. The molecule has 3 heterocycles. The molecule has 0 spiro atoms. The Balaban J connectivity index is 0.00000180. The maximum absolute atomic E-state index is 5.95. The maximum atomic E-state index is 5.95. The molecule has 5 rings (SSSR count). The molecule has 0 amide bonds. The molecule has 0 aliphatic carbocycles. The van der Waals surface area contributed by atoms with Crippen molar-refractivity contribution in [2.45, 2.75) is 0 Å². The number of hydrogen-bond donors (Lipinski definition) is 0. The van der Waals surface area contributed by atoms with E-state index in [9.17, 15) is 0 Å². The maximum Gasteiger partial charge on any atom is 2.00 e. The average Bonchev–Trinajstić information content (AvgIpc) is 2.68. The van der Waals surface area contributed by atoms with E-state index in [-0.39, 0.29) is 21.1 Å². The first-order valence-electron chi connectivity index (χ1n) is 8.19. The number of ether oxygens (including phenoxy) is 2. The number of rotatable bonds is 0. The summed E-state index contributed by atoms with van der Waals surface area (Å²) in [6, 6.07) is 29.1. The van der Waals surface area contributed by atoms with Gasteiger partial charge in [-0.1, -0.05) is 36.4 Å². The van der Waals surface area contributed by atoms with Crippen molar-refractivity contribution in [3.63, 3.8) is 0 Å². The van der Waals surface area contributed by atoms with Crippen molar-refractivity contribution < 1.29 is 30.5 Å². The van der Waals surface area contributed by atoms with E-state index in [0.29, 0.717) is 23.3 Å². The molecule has 2 aromatic carbocycles. The Hall–Kier alpha value is -2.97. The topological polar surface area (TPSA) is 44.2 Å². The van der Waals surface area contributed by atoms with Crippen LogP contribution in [0.5, 0.6) is 23.3 Å². The van der Waals surface area contributed by atoms with Gasteiger partial charge >= 0.3 is 21.1 Å². The van der Waals surface area contributed by atoms with Gasteiger partial charge in [-0.2, -0.15) is 0 Å². The van der Waals surface area contributed by atoms with E-state index in [1.54, 1.807) is 12.1 Å². The van der Waals surface area contributed by atoms with Gasteiger partial charge in [0.15, 0.2) is 0 Å². The number of aromatic nitrogens is 2. The van der Waals surface area contributed by atoms with E-state index in [4.69, 9.17) is 9.47 Å². The Morgan fingerprint density at radius 3 is 1.56 bits per heavy atom. The molecular formula is C22H12N2O2Pt. The van der Waals surface area contributed by atoms with Gasteiger partial charge in [0.1, 0.15) is 0 Å². The molecule has 27 heavy (non-hydrogen) atoms. The first-order valence-corrected chi connectivity index (χ1v) is 8.19. The molecule has 0 saturated heterocycles. The van der Waals surface area contributed by atoms with Crippen LogP contribution >= 0.6 is 0 Å². The van der Waals surface area contributed by atoms with Crippen molar-refractivity contribution in [3.8, 4) is 45.8 Å². The predicted molar refractivity (Wildman–Crippen MR) is 97.2 cm³/mol. The van der Waals surface area contributed by atoms with Crippen LogP contribution in [-0.2, 0) is 21.1 Å². The van der Waals surface area contributed by atoms with Crippen LogP contribution in [0.3, 0.4) is 0 Å². The molecule has 2 aromatic heterocycles. The fourth-order valence-corrected chi connectivity index (χ4v) is 2.78. The monoisotopic (exact) mass is 531 g/mol. The molecular weight excluding hydrogens is 519 g/mol. The first-order chi connectivity index (χ1) is 12.8. The van der Waals surface area contributed by atoms with E-state index < -0.39 is 0 Å². The second-order valence-electron chi connectivity index (χ2n) is 5.78. The molecule has 1 aliphatic heterocycles. The molecule has 5 heteroatoms. The molecule has 132 valence electrons. The van der Waals surface area contributed by atoms with Crippen LogP contribution in [0, 0.1) is 12.1 Å². The molecule has 8 bridgehead atoms. The summed E-state index contributed by atoms with van der Waals surface area (Å²) in [4.78, 5) is 9.12. The minimum absolute atomic E-state index is 0. The average molecular weight is 531 g/mol. The molecule has 1 aliphatic rings. The van der Waals surface area contributed by atoms with E-state index in [2.05, 4.69) is 22.1 Å². The van der Waals surface area contributed by atoms with Gasteiger partial charge in [0.05, 0.1) is 0 Å². The van der Waals surface area contributed by atoms with Gasteiger partial charge in [0.2, 0.25) is 11.8 Å². The van der Waals surface area contributed by atoms with Crippen molar-refractivity contribution in [1.29, 1.82) is 0 Å². The summed E-state index contributed by atoms with van der Waals surface area (Å²) in [6.45, 7) is 0. The van der Waals surface area contributed by atoms with Gasteiger partial charge in [0.25, 0.3) is 0 Å². The largest absolute Gasteiger partial charge is 2.00 e. The zero-order chi connectivity index (χ0) is 17.3. The second kappa shape index (κ2) is 7.34.